The molecule has 204 valence electrons. The van der Waals surface area contributed by atoms with Crippen LogP contribution in [0.4, 0.5) is 0 Å². The first-order chi connectivity index (χ1) is 21.8. The maximum atomic E-state index is 6.53. The predicted octanol–water partition coefficient (Wildman–Crippen LogP) is 9.87. The van der Waals surface area contributed by atoms with Crippen LogP contribution in [0.5, 0.6) is 11.5 Å². The van der Waals surface area contributed by atoms with Crippen LogP contribution in [-0.4, -0.2) is 19.5 Å². The minimum absolute atomic E-state index is 0.621. The lowest BCUT2D eigenvalue weighted by Gasteiger charge is -2.21. The molecule has 0 amide bonds. The van der Waals surface area contributed by atoms with Gasteiger partial charge in [-0.25, -0.2) is 9.97 Å². The van der Waals surface area contributed by atoms with Crippen LogP contribution in [-0.2, 0) is 0 Å². The average molecular weight is 563 g/mol. The lowest BCUT2D eigenvalue weighted by atomic mass is 9.95. The molecule has 4 heterocycles. The number of aromatic nitrogens is 4. The molecule has 0 radical (unpaired) electrons. The Balaban J connectivity index is 1.36. The second kappa shape index (κ2) is 8.72. The van der Waals surface area contributed by atoms with Crippen molar-refractivity contribution < 1.29 is 4.74 Å². The van der Waals surface area contributed by atoms with Crippen LogP contribution in [0.2, 0.25) is 0 Å². The minimum atomic E-state index is 0.621. The molecule has 44 heavy (non-hydrogen) atoms. The van der Waals surface area contributed by atoms with E-state index in [0.29, 0.717) is 5.95 Å². The molecule has 3 aromatic heterocycles. The zero-order valence-corrected chi connectivity index (χ0v) is 23.4. The van der Waals surface area contributed by atoms with Gasteiger partial charge in [-0.2, -0.15) is 0 Å². The van der Waals surface area contributed by atoms with Gasteiger partial charge in [0.2, 0.25) is 5.95 Å². The highest BCUT2D eigenvalue weighted by Gasteiger charge is 2.26. The smallest absolute Gasteiger partial charge is 0.235 e. The van der Waals surface area contributed by atoms with Gasteiger partial charge in [0.15, 0.2) is 0 Å². The number of hydrogen-bond donors (Lipinski definition) is 0. The highest BCUT2D eigenvalue weighted by Crippen LogP contribution is 2.49. The van der Waals surface area contributed by atoms with Crippen molar-refractivity contribution in [3.8, 4) is 39.8 Å². The van der Waals surface area contributed by atoms with Crippen molar-refractivity contribution in [3.05, 3.63) is 134 Å². The van der Waals surface area contributed by atoms with Crippen molar-refractivity contribution in [2.45, 2.75) is 0 Å². The van der Waals surface area contributed by atoms with Crippen LogP contribution in [0, 0.1) is 0 Å². The van der Waals surface area contributed by atoms with E-state index in [4.69, 9.17) is 19.7 Å². The number of benzene rings is 6. The molecule has 5 nitrogen and oxygen atoms in total. The zero-order chi connectivity index (χ0) is 28.8. The number of rotatable bonds is 2. The van der Waals surface area contributed by atoms with Crippen molar-refractivity contribution in [1.82, 2.24) is 19.5 Å². The third-order valence-electron chi connectivity index (χ3n) is 8.87. The molecule has 0 aliphatic carbocycles. The lowest BCUT2D eigenvalue weighted by Crippen LogP contribution is -2.04. The molecule has 0 N–H and O–H groups in total. The molecule has 9 aromatic rings. The Labute approximate surface area is 251 Å². The second-order valence-corrected chi connectivity index (χ2v) is 11.2. The number of nitrogens with zero attached hydrogens (tertiary/aromatic N) is 4. The summed E-state index contributed by atoms with van der Waals surface area (Å²) in [6, 6.07) is 41.9. The first kappa shape index (κ1) is 23.5. The summed E-state index contributed by atoms with van der Waals surface area (Å²) in [6.07, 6.45) is 3.89. The standard InChI is InChI=1S/C39H22N4O/c1-2-12-24-23(10-1)11-9-16-27(24)37-28-15-3-6-17-32(28)41-39(42-37)43-33-18-7-4-13-25(33)29-20-35-36-30(21-40-22-31(36)38(29)43)26-14-5-8-19-34(26)44-35/h1-22H. The van der Waals surface area contributed by atoms with E-state index in [0.717, 1.165) is 82.8 Å². The number of hydrogen-bond acceptors (Lipinski definition) is 4. The Morgan fingerprint density at radius 3 is 2.23 bits per heavy atom. The summed E-state index contributed by atoms with van der Waals surface area (Å²) in [7, 11) is 0. The fraction of sp³-hybridized carbons (Fsp3) is 0. The van der Waals surface area contributed by atoms with E-state index in [1.165, 1.54) is 5.39 Å². The fourth-order valence-corrected chi connectivity index (χ4v) is 6.98. The largest absolute Gasteiger partial charge is 0.456 e. The monoisotopic (exact) mass is 562 g/mol. The van der Waals surface area contributed by atoms with Crippen molar-refractivity contribution in [2.24, 2.45) is 0 Å². The van der Waals surface area contributed by atoms with Crippen LogP contribution in [0.1, 0.15) is 0 Å². The van der Waals surface area contributed by atoms with E-state index in [9.17, 15) is 0 Å². The number of ether oxygens (including phenoxy) is 1. The van der Waals surface area contributed by atoms with Gasteiger partial charge in [0.05, 0.1) is 22.2 Å². The van der Waals surface area contributed by atoms with Gasteiger partial charge in [-0.15, -0.1) is 0 Å². The van der Waals surface area contributed by atoms with Gasteiger partial charge in [0.1, 0.15) is 11.5 Å². The molecule has 1 aliphatic rings. The topological polar surface area (TPSA) is 52.8 Å². The quantitative estimate of drug-likeness (QED) is 0.210. The normalized spacial score (nSPS) is 12.3. The summed E-state index contributed by atoms with van der Waals surface area (Å²) >= 11 is 0. The summed E-state index contributed by atoms with van der Waals surface area (Å²) in [5.74, 6) is 2.30. The number of fused-ring (bicyclic) bond motifs is 8. The summed E-state index contributed by atoms with van der Waals surface area (Å²) in [4.78, 5) is 15.3. The van der Waals surface area contributed by atoms with Crippen molar-refractivity contribution in [1.29, 1.82) is 0 Å². The molecule has 0 atom stereocenters. The maximum absolute atomic E-state index is 6.53. The summed E-state index contributed by atoms with van der Waals surface area (Å²) in [5, 5.41) is 7.59. The zero-order valence-electron chi connectivity index (χ0n) is 23.4. The molecule has 0 fully saturated rings. The SMILES string of the molecule is c1ccc2c(c1)Oc1cc3c4ccccc4n(-c4nc(-c5cccc6ccccc56)c5ccccc5n4)c3c3cncc-2c13. The molecule has 1 aliphatic heterocycles. The third-order valence-corrected chi connectivity index (χ3v) is 8.87. The van der Waals surface area contributed by atoms with Crippen molar-refractivity contribution >= 4 is 54.3 Å². The number of para-hydroxylation sites is 3. The van der Waals surface area contributed by atoms with Crippen LogP contribution < -0.4 is 4.74 Å². The van der Waals surface area contributed by atoms with E-state index in [2.05, 4.69) is 102 Å². The Kier molecular flexibility index (Phi) is 4.66. The van der Waals surface area contributed by atoms with Crippen molar-refractivity contribution in [2.75, 3.05) is 0 Å². The summed E-state index contributed by atoms with van der Waals surface area (Å²) in [5.41, 5.74) is 7.04. The van der Waals surface area contributed by atoms with Crippen LogP contribution in [0.25, 0.3) is 82.6 Å². The summed E-state index contributed by atoms with van der Waals surface area (Å²) < 4.78 is 8.73. The van der Waals surface area contributed by atoms with Crippen molar-refractivity contribution in [3.63, 3.8) is 0 Å². The average Bonchev–Trinajstić information content (AvgIpc) is 3.42. The minimum Gasteiger partial charge on any atom is -0.456 e. The Bertz CT molecular complexity index is 2650. The molecule has 10 rings (SSSR count). The van der Waals surface area contributed by atoms with Gasteiger partial charge >= 0.3 is 0 Å². The van der Waals surface area contributed by atoms with E-state index < -0.39 is 0 Å². The molecule has 6 aromatic carbocycles. The van der Waals surface area contributed by atoms with E-state index in [1.807, 2.05) is 36.7 Å². The molecule has 0 unspecified atom stereocenters. The van der Waals surface area contributed by atoms with Crippen LogP contribution >= 0.6 is 0 Å². The Morgan fingerprint density at radius 2 is 1.27 bits per heavy atom. The first-order valence-corrected chi connectivity index (χ1v) is 14.7. The van der Waals surface area contributed by atoms with Gasteiger partial charge in [-0.1, -0.05) is 97.1 Å². The van der Waals surface area contributed by atoms with Gasteiger partial charge in [-0.3, -0.25) is 9.55 Å². The van der Waals surface area contributed by atoms with Gasteiger partial charge < -0.3 is 4.74 Å². The van der Waals surface area contributed by atoms with Crippen LogP contribution in [0.15, 0.2) is 134 Å². The molecule has 0 saturated heterocycles. The van der Waals surface area contributed by atoms with E-state index in [-0.39, 0.29) is 0 Å². The molecular formula is C39H22N4O. The Hall–Kier alpha value is -6.07. The van der Waals surface area contributed by atoms with Gasteiger partial charge in [0.25, 0.3) is 0 Å². The first-order valence-electron chi connectivity index (χ1n) is 14.7. The molecule has 0 spiro atoms. The lowest BCUT2D eigenvalue weighted by molar-refractivity contribution is 0.487. The second-order valence-electron chi connectivity index (χ2n) is 11.2. The molecule has 5 heteroatoms. The predicted molar refractivity (Wildman–Crippen MR) is 178 cm³/mol. The van der Waals surface area contributed by atoms with Gasteiger partial charge in [0, 0.05) is 56.0 Å². The fourth-order valence-electron chi connectivity index (χ4n) is 6.98. The summed E-state index contributed by atoms with van der Waals surface area (Å²) in [6.45, 7) is 0. The van der Waals surface area contributed by atoms with Crippen LogP contribution in [0.3, 0.4) is 0 Å². The number of pyridine rings is 1. The molecular weight excluding hydrogens is 540 g/mol. The maximum Gasteiger partial charge on any atom is 0.235 e. The molecule has 0 bridgehead atoms. The highest BCUT2D eigenvalue weighted by atomic mass is 16.5. The van der Waals surface area contributed by atoms with E-state index in [1.54, 1.807) is 0 Å². The molecule has 0 saturated carbocycles. The van der Waals surface area contributed by atoms with E-state index >= 15 is 0 Å². The van der Waals surface area contributed by atoms with Gasteiger partial charge in [-0.05, 0) is 35.0 Å². The third kappa shape index (κ3) is 3.15. The highest BCUT2D eigenvalue weighted by molar-refractivity contribution is 6.22. The Morgan fingerprint density at radius 1 is 0.523 bits per heavy atom.